The summed E-state index contributed by atoms with van der Waals surface area (Å²) in [5, 5.41) is 7.15. The summed E-state index contributed by atoms with van der Waals surface area (Å²) in [5.41, 5.74) is 3.22. The molecule has 1 amide bonds. The molecule has 0 atom stereocenters. The Morgan fingerprint density at radius 3 is 2.43 bits per heavy atom. The van der Waals surface area contributed by atoms with E-state index in [4.69, 9.17) is 0 Å². The molecule has 0 aliphatic carbocycles. The Morgan fingerprint density at radius 2 is 1.74 bits per heavy atom. The van der Waals surface area contributed by atoms with E-state index < -0.39 is 0 Å². The number of carbonyl (C=O) groups is 1. The molecule has 0 spiro atoms. The maximum Gasteiger partial charge on any atom is 0.224 e. The third kappa shape index (κ3) is 4.30. The number of aromatic nitrogens is 2. The van der Waals surface area contributed by atoms with Gasteiger partial charge >= 0.3 is 0 Å². The molecule has 3 rings (SSSR count). The number of carbonyl (C=O) groups excluding carboxylic acids is 1. The van der Waals surface area contributed by atoms with Crippen molar-refractivity contribution in [3.63, 3.8) is 0 Å². The molecule has 0 bridgehead atoms. The third-order valence-electron chi connectivity index (χ3n) is 3.65. The molecule has 1 N–H and O–H groups in total. The average molecular weight is 305 g/mol. The number of benzene rings is 2. The fourth-order valence-corrected chi connectivity index (χ4v) is 2.43. The Kier molecular flexibility index (Phi) is 4.84. The van der Waals surface area contributed by atoms with Crippen LogP contribution in [0.1, 0.15) is 11.1 Å². The summed E-state index contributed by atoms with van der Waals surface area (Å²) in [5.74, 6) is 0.0489. The highest BCUT2D eigenvalue weighted by Gasteiger charge is 2.04. The van der Waals surface area contributed by atoms with Crippen LogP contribution in [0.4, 0.5) is 0 Å². The second-order valence-electron chi connectivity index (χ2n) is 5.38. The minimum absolute atomic E-state index is 0.0489. The van der Waals surface area contributed by atoms with Gasteiger partial charge in [-0.25, -0.2) is 4.68 Å². The van der Waals surface area contributed by atoms with E-state index >= 15 is 0 Å². The summed E-state index contributed by atoms with van der Waals surface area (Å²) in [6, 6.07) is 19.9. The molecule has 23 heavy (non-hydrogen) atoms. The fourth-order valence-electron chi connectivity index (χ4n) is 2.43. The van der Waals surface area contributed by atoms with Gasteiger partial charge in [0.25, 0.3) is 0 Å². The lowest BCUT2D eigenvalue weighted by Crippen LogP contribution is -2.27. The van der Waals surface area contributed by atoms with Crippen molar-refractivity contribution in [3.8, 4) is 5.69 Å². The molecule has 1 heterocycles. The molecule has 116 valence electrons. The van der Waals surface area contributed by atoms with E-state index in [9.17, 15) is 4.79 Å². The Hall–Kier alpha value is -2.88. The summed E-state index contributed by atoms with van der Waals surface area (Å²) >= 11 is 0. The van der Waals surface area contributed by atoms with Crippen LogP contribution in [-0.4, -0.2) is 22.2 Å². The number of hydrogen-bond acceptors (Lipinski definition) is 2. The summed E-state index contributed by atoms with van der Waals surface area (Å²) in [6.07, 6.45) is 4.89. The fraction of sp³-hybridized carbons (Fsp3) is 0.158. The third-order valence-corrected chi connectivity index (χ3v) is 3.65. The van der Waals surface area contributed by atoms with E-state index in [2.05, 4.69) is 22.5 Å². The first kappa shape index (κ1) is 15.0. The van der Waals surface area contributed by atoms with E-state index in [1.54, 1.807) is 10.9 Å². The molecule has 0 unspecified atom stereocenters. The maximum absolute atomic E-state index is 12.0. The Bertz CT molecular complexity index is 734. The van der Waals surface area contributed by atoms with Gasteiger partial charge < -0.3 is 5.32 Å². The molecule has 0 saturated heterocycles. The van der Waals surface area contributed by atoms with Crippen LogP contribution >= 0.6 is 0 Å². The van der Waals surface area contributed by atoms with Crippen molar-refractivity contribution in [3.05, 3.63) is 84.2 Å². The predicted molar refractivity (Wildman–Crippen MR) is 90.4 cm³/mol. The topological polar surface area (TPSA) is 46.9 Å². The number of nitrogens with one attached hydrogen (secondary N) is 1. The van der Waals surface area contributed by atoms with Crippen LogP contribution in [0.3, 0.4) is 0 Å². The molecule has 0 aliphatic heterocycles. The van der Waals surface area contributed by atoms with Gasteiger partial charge in [0.05, 0.1) is 12.1 Å². The summed E-state index contributed by atoms with van der Waals surface area (Å²) in [4.78, 5) is 12.0. The first-order chi connectivity index (χ1) is 11.3. The van der Waals surface area contributed by atoms with Crippen molar-refractivity contribution in [2.24, 2.45) is 0 Å². The van der Waals surface area contributed by atoms with Crippen LogP contribution in [0.15, 0.2) is 73.1 Å². The molecular formula is C19H19N3O. The number of hydrogen-bond donors (Lipinski definition) is 1. The summed E-state index contributed by atoms with van der Waals surface area (Å²) in [6.45, 7) is 0.661. The Labute approximate surface area is 135 Å². The molecule has 4 nitrogen and oxygen atoms in total. The van der Waals surface area contributed by atoms with E-state index in [0.29, 0.717) is 13.0 Å². The molecule has 3 aromatic rings. The van der Waals surface area contributed by atoms with Gasteiger partial charge in [-0.2, -0.15) is 5.10 Å². The van der Waals surface area contributed by atoms with E-state index in [-0.39, 0.29) is 5.91 Å². The molecule has 2 aromatic carbocycles. The van der Waals surface area contributed by atoms with Gasteiger partial charge in [0.2, 0.25) is 5.91 Å². The normalized spacial score (nSPS) is 10.4. The SMILES string of the molecule is O=C(Cc1ccc(-n2cccn2)cc1)NCCc1ccccc1. The molecule has 1 aromatic heterocycles. The largest absolute Gasteiger partial charge is 0.355 e. The molecular weight excluding hydrogens is 286 g/mol. The second-order valence-corrected chi connectivity index (χ2v) is 5.38. The van der Waals surface area contributed by atoms with Crippen LogP contribution < -0.4 is 5.32 Å². The highest BCUT2D eigenvalue weighted by molar-refractivity contribution is 5.78. The van der Waals surface area contributed by atoms with Gasteiger partial charge in [-0.15, -0.1) is 0 Å². The Morgan fingerprint density at radius 1 is 0.957 bits per heavy atom. The van der Waals surface area contributed by atoms with Crippen molar-refractivity contribution in [1.82, 2.24) is 15.1 Å². The van der Waals surface area contributed by atoms with E-state index in [1.807, 2.05) is 54.7 Å². The van der Waals surface area contributed by atoms with E-state index in [0.717, 1.165) is 17.7 Å². The maximum atomic E-state index is 12.0. The Balaban J connectivity index is 1.48. The molecule has 4 heteroatoms. The van der Waals surface area contributed by atoms with E-state index in [1.165, 1.54) is 5.56 Å². The lowest BCUT2D eigenvalue weighted by molar-refractivity contribution is -0.120. The van der Waals surface area contributed by atoms with Crippen molar-refractivity contribution >= 4 is 5.91 Å². The average Bonchev–Trinajstić information content (AvgIpc) is 3.11. The van der Waals surface area contributed by atoms with Crippen molar-refractivity contribution < 1.29 is 4.79 Å². The zero-order valence-electron chi connectivity index (χ0n) is 12.9. The van der Waals surface area contributed by atoms with Crippen LogP contribution in [0.2, 0.25) is 0 Å². The highest BCUT2D eigenvalue weighted by Crippen LogP contribution is 2.09. The lowest BCUT2D eigenvalue weighted by Gasteiger charge is -2.07. The zero-order valence-corrected chi connectivity index (χ0v) is 12.9. The van der Waals surface area contributed by atoms with Gasteiger partial charge in [-0.3, -0.25) is 4.79 Å². The first-order valence-corrected chi connectivity index (χ1v) is 7.71. The first-order valence-electron chi connectivity index (χ1n) is 7.71. The minimum Gasteiger partial charge on any atom is -0.355 e. The van der Waals surface area contributed by atoms with Gasteiger partial charge in [0.1, 0.15) is 0 Å². The molecule has 0 saturated carbocycles. The minimum atomic E-state index is 0.0489. The number of rotatable bonds is 6. The monoisotopic (exact) mass is 305 g/mol. The second kappa shape index (κ2) is 7.40. The standard InChI is InChI=1S/C19H19N3O/c23-19(20-13-11-16-5-2-1-3-6-16)15-17-7-9-18(10-8-17)22-14-4-12-21-22/h1-10,12,14H,11,13,15H2,(H,20,23). The lowest BCUT2D eigenvalue weighted by atomic mass is 10.1. The van der Waals surface area contributed by atoms with Crippen molar-refractivity contribution in [2.45, 2.75) is 12.8 Å². The highest BCUT2D eigenvalue weighted by atomic mass is 16.1. The quantitative estimate of drug-likeness (QED) is 0.761. The predicted octanol–water partition coefficient (Wildman–Crippen LogP) is 2.77. The zero-order chi connectivity index (χ0) is 15.9. The van der Waals surface area contributed by atoms with Crippen LogP contribution in [0, 0.1) is 0 Å². The van der Waals surface area contributed by atoms with Gasteiger partial charge in [-0.1, -0.05) is 42.5 Å². The molecule has 0 radical (unpaired) electrons. The van der Waals surface area contributed by atoms with Gasteiger partial charge in [0.15, 0.2) is 0 Å². The van der Waals surface area contributed by atoms with Crippen LogP contribution in [0.25, 0.3) is 5.69 Å². The smallest absolute Gasteiger partial charge is 0.224 e. The van der Waals surface area contributed by atoms with Crippen LogP contribution in [0.5, 0.6) is 0 Å². The van der Waals surface area contributed by atoms with Gasteiger partial charge in [-0.05, 0) is 35.7 Å². The van der Waals surface area contributed by atoms with Crippen molar-refractivity contribution in [2.75, 3.05) is 6.54 Å². The van der Waals surface area contributed by atoms with Crippen LogP contribution in [-0.2, 0) is 17.6 Å². The molecule has 0 fully saturated rings. The summed E-state index contributed by atoms with van der Waals surface area (Å²) in [7, 11) is 0. The number of amides is 1. The van der Waals surface area contributed by atoms with Crippen molar-refractivity contribution in [1.29, 1.82) is 0 Å². The van der Waals surface area contributed by atoms with Gasteiger partial charge in [0, 0.05) is 18.9 Å². The molecule has 0 aliphatic rings. The number of nitrogens with zero attached hydrogens (tertiary/aromatic N) is 2. The summed E-state index contributed by atoms with van der Waals surface area (Å²) < 4.78 is 1.80.